The van der Waals surface area contributed by atoms with Crippen molar-refractivity contribution in [2.75, 3.05) is 18.0 Å². The summed E-state index contributed by atoms with van der Waals surface area (Å²) in [7, 11) is 0. The normalized spacial score (nSPS) is 13.5. The molecule has 0 aliphatic carbocycles. The maximum atomic E-state index is 12.3. The van der Waals surface area contributed by atoms with Gasteiger partial charge in [-0.3, -0.25) is 0 Å². The number of alkyl halides is 3. The molecule has 1 atom stereocenters. The molecule has 2 nitrogen and oxygen atoms in total. The number of nitrogens with zero attached hydrogens (tertiary/aromatic N) is 1. The highest BCUT2D eigenvalue weighted by Gasteiger charge is 2.39. The zero-order valence-electron chi connectivity index (χ0n) is 9.83. The van der Waals surface area contributed by atoms with Crippen LogP contribution in [0.1, 0.15) is 25.5 Å². The summed E-state index contributed by atoms with van der Waals surface area (Å²) < 4.78 is 36.8. The summed E-state index contributed by atoms with van der Waals surface area (Å²) in [5.41, 5.74) is 0.724. The molecule has 0 amide bonds. The number of aliphatic hydroxyl groups is 1. The van der Waals surface area contributed by atoms with Crippen molar-refractivity contribution in [2.24, 2.45) is 0 Å². The maximum Gasteiger partial charge on any atom is 0.418 e. The Morgan fingerprint density at radius 1 is 1.12 bits per heavy atom. The summed E-state index contributed by atoms with van der Waals surface area (Å²) in [6.45, 7) is 5.53. The lowest BCUT2D eigenvalue weighted by Gasteiger charge is -2.22. The Morgan fingerprint density at radius 3 is 1.94 bits per heavy atom. The first-order valence-electron chi connectivity index (χ1n) is 5.49. The molecule has 1 unspecified atom stereocenters. The highest BCUT2D eigenvalue weighted by molar-refractivity contribution is 5.47. The molecule has 5 heteroatoms. The van der Waals surface area contributed by atoms with Crippen LogP contribution in [0.5, 0.6) is 0 Å². The predicted molar refractivity (Wildman–Crippen MR) is 61.0 cm³/mol. The van der Waals surface area contributed by atoms with Crippen LogP contribution in [-0.2, 0) is 0 Å². The Bertz CT molecular complexity index is 344. The lowest BCUT2D eigenvalue weighted by molar-refractivity contribution is -0.206. The number of rotatable bonds is 4. The second-order valence-electron chi connectivity index (χ2n) is 3.71. The second-order valence-corrected chi connectivity index (χ2v) is 3.71. The van der Waals surface area contributed by atoms with Crippen molar-refractivity contribution in [2.45, 2.75) is 26.1 Å². The zero-order valence-corrected chi connectivity index (χ0v) is 9.83. The van der Waals surface area contributed by atoms with Crippen molar-refractivity contribution in [3.8, 4) is 0 Å². The molecule has 0 bridgehead atoms. The van der Waals surface area contributed by atoms with Gasteiger partial charge in [0.05, 0.1) is 0 Å². The topological polar surface area (TPSA) is 23.5 Å². The number of hydrogen-bond acceptors (Lipinski definition) is 2. The minimum atomic E-state index is -4.61. The molecule has 0 aliphatic heterocycles. The molecule has 0 heterocycles. The van der Waals surface area contributed by atoms with Crippen LogP contribution in [0.3, 0.4) is 0 Å². The highest BCUT2D eigenvalue weighted by Crippen LogP contribution is 2.33. The molecular formula is C12H16F3NO. The first-order valence-corrected chi connectivity index (χ1v) is 5.49. The van der Waals surface area contributed by atoms with Gasteiger partial charge in [-0.05, 0) is 31.5 Å². The van der Waals surface area contributed by atoms with Crippen LogP contribution in [0.25, 0.3) is 0 Å². The molecule has 17 heavy (non-hydrogen) atoms. The van der Waals surface area contributed by atoms with E-state index in [2.05, 4.69) is 0 Å². The van der Waals surface area contributed by atoms with E-state index < -0.39 is 12.3 Å². The van der Waals surface area contributed by atoms with Crippen molar-refractivity contribution in [1.82, 2.24) is 0 Å². The highest BCUT2D eigenvalue weighted by atomic mass is 19.4. The second kappa shape index (κ2) is 5.40. The fraction of sp³-hybridized carbons (Fsp3) is 0.500. The molecule has 1 aromatic rings. The standard InChI is InChI=1S/C12H16F3NO/c1-3-16(4-2)10-7-5-9(6-8-10)11(17)12(13,14)15/h5-8,11,17H,3-4H2,1-2H3. The monoisotopic (exact) mass is 247 g/mol. The van der Waals surface area contributed by atoms with Gasteiger partial charge >= 0.3 is 6.18 Å². The lowest BCUT2D eigenvalue weighted by atomic mass is 10.1. The number of anilines is 1. The number of aliphatic hydroxyl groups excluding tert-OH is 1. The summed E-state index contributed by atoms with van der Waals surface area (Å²) in [6, 6.07) is 5.81. The zero-order chi connectivity index (χ0) is 13.1. The van der Waals surface area contributed by atoms with E-state index in [4.69, 9.17) is 5.11 Å². The summed E-state index contributed by atoms with van der Waals surface area (Å²) in [5.74, 6) is 0. The molecule has 0 aromatic heterocycles. The third-order valence-corrected chi connectivity index (χ3v) is 2.65. The summed E-state index contributed by atoms with van der Waals surface area (Å²) in [4.78, 5) is 2.02. The first kappa shape index (κ1) is 13.8. The SMILES string of the molecule is CCN(CC)c1ccc(C(O)C(F)(F)F)cc1. The van der Waals surface area contributed by atoms with E-state index in [1.54, 1.807) is 12.1 Å². The van der Waals surface area contributed by atoms with Gasteiger partial charge in [0.2, 0.25) is 0 Å². The molecule has 1 N–H and O–H groups in total. The lowest BCUT2D eigenvalue weighted by Crippen LogP contribution is -2.22. The van der Waals surface area contributed by atoms with Gasteiger partial charge in [-0.1, -0.05) is 12.1 Å². The first-order chi connectivity index (χ1) is 7.90. The Morgan fingerprint density at radius 2 is 1.59 bits per heavy atom. The third-order valence-electron chi connectivity index (χ3n) is 2.65. The predicted octanol–water partition coefficient (Wildman–Crippen LogP) is 3.13. The van der Waals surface area contributed by atoms with Crippen LogP contribution in [0.15, 0.2) is 24.3 Å². The number of halogens is 3. The van der Waals surface area contributed by atoms with Crippen molar-refractivity contribution in [3.63, 3.8) is 0 Å². The third kappa shape index (κ3) is 3.36. The number of hydrogen-bond donors (Lipinski definition) is 1. The Hall–Kier alpha value is -1.23. The molecule has 96 valence electrons. The van der Waals surface area contributed by atoms with E-state index in [1.807, 2.05) is 18.7 Å². The van der Waals surface area contributed by atoms with Gasteiger partial charge in [-0.25, -0.2) is 0 Å². The smallest absolute Gasteiger partial charge is 0.379 e. The molecule has 0 saturated heterocycles. The van der Waals surface area contributed by atoms with Gasteiger partial charge in [-0.2, -0.15) is 13.2 Å². The van der Waals surface area contributed by atoms with Gasteiger partial charge < -0.3 is 10.0 Å². The van der Waals surface area contributed by atoms with E-state index in [9.17, 15) is 13.2 Å². The van der Waals surface area contributed by atoms with Crippen LogP contribution in [0, 0.1) is 0 Å². The molecule has 0 radical (unpaired) electrons. The molecular weight excluding hydrogens is 231 g/mol. The summed E-state index contributed by atoms with van der Waals surface area (Å²) >= 11 is 0. The average molecular weight is 247 g/mol. The van der Waals surface area contributed by atoms with Crippen molar-refractivity contribution in [1.29, 1.82) is 0 Å². The van der Waals surface area contributed by atoms with E-state index >= 15 is 0 Å². The summed E-state index contributed by atoms with van der Waals surface area (Å²) in [5, 5.41) is 9.06. The van der Waals surface area contributed by atoms with Crippen LogP contribution in [0.4, 0.5) is 18.9 Å². The van der Waals surface area contributed by atoms with E-state index in [1.165, 1.54) is 12.1 Å². The maximum absolute atomic E-state index is 12.3. The van der Waals surface area contributed by atoms with Crippen molar-refractivity contribution >= 4 is 5.69 Å². The largest absolute Gasteiger partial charge is 0.418 e. The molecule has 0 aliphatic rings. The van der Waals surface area contributed by atoms with E-state index in [0.717, 1.165) is 18.8 Å². The van der Waals surface area contributed by atoms with Crippen LogP contribution >= 0.6 is 0 Å². The fourth-order valence-corrected chi connectivity index (χ4v) is 1.65. The van der Waals surface area contributed by atoms with Gasteiger partial charge in [0.25, 0.3) is 0 Å². The minimum Gasteiger partial charge on any atom is -0.379 e. The average Bonchev–Trinajstić information content (AvgIpc) is 2.29. The van der Waals surface area contributed by atoms with Gasteiger partial charge in [0.1, 0.15) is 0 Å². The van der Waals surface area contributed by atoms with Gasteiger partial charge in [0.15, 0.2) is 6.10 Å². The van der Waals surface area contributed by atoms with Gasteiger partial charge in [0, 0.05) is 18.8 Å². The Kier molecular flexibility index (Phi) is 4.40. The van der Waals surface area contributed by atoms with E-state index in [-0.39, 0.29) is 5.56 Å². The minimum absolute atomic E-state index is 0.131. The van der Waals surface area contributed by atoms with Crippen molar-refractivity contribution in [3.05, 3.63) is 29.8 Å². The van der Waals surface area contributed by atoms with Gasteiger partial charge in [-0.15, -0.1) is 0 Å². The van der Waals surface area contributed by atoms with Crippen LogP contribution in [-0.4, -0.2) is 24.4 Å². The molecule has 0 saturated carbocycles. The molecule has 0 spiro atoms. The Labute approximate surface area is 98.7 Å². The summed E-state index contributed by atoms with van der Waals surface area (Å²) in [6.07, 6.45) is -7.02. The van der Waals surface area contributed by atoms with Crippen LogP contribution < -0.4 is 4.90 Å². The van der Waals surface area contributed by atoms with Crippen LogP contribution in [0.2, 0.25) is 0 Å². The Balaban J connectivity index is 2.88. The number of benzene rings is 1. The van der Waals surface area contributed by atoms with E-state index in [0.29, 0.717) is 0 Å². The molecule has 1 rings (SSSR count). The van der Waals surface area contributed by atoms with Crippen molar-refractivity contribution < 1.29 is 18.3 Å². The molecule has 1 aromatic carbocycles. The molecule has 0 fully saturated rings. The fourth-order valence-electron chi connectivity index (χ4n) is 1.65. The quantitative estimate of drug-likeness (QED) is 0.883.